The molecule has 12 heteroatoms. The van der Waals surface area contributed by atoms with Gasteiger partial charge in [0.1, 0.15) is 29.0 Å². The van der Waals surface area contributed by atoms with Crippen LogP contribution in [0.5, 0.6) is 0 Å². The number of aliphatic hydroxyl groups is 1. The quantitative estimate of drug-likeness (QED) is 0.165. The number of aliphatic hydroxyl groups excluding tert-OH is 1. The molecule has 0 saturated carbocycles. The van der Waals surface area contributed by atoms with Gasteiger partial charge in [0, 0.05) is 24.7 Å². The van der Waals surface area contributed by atoms with Crippen LogP contribution in [0, 0.1) is 11.8 Å². The van der Waals surface area contributed by atoms with E-state index in [4.69, 9.17) is 13.9 Å². The molecule has 3 aromatic rings. The number of hydrogen-bond acceptors (Lipinski definition) is 9. The fraction of sp³-hybridized carbons (Fsp3) is 0.410. The summed E-state index contributed by atoms with van der Waals surface area (Å²) in [5.41, 5.74) is -0.561. The van der Waals surface area contributed by atoms with Crippen molar-refractivity contribution >= 4 is 41.5 Å². The number of rotatable bonds is 15. The third kappa shape index (κ3) is 12.9. The molecule has 4 unspecified atom stereocenters. The molecule has 2 amide bonds. The number of para-hydroxylation sites is 1. The van der Waals surface area contributed by atoms with Crippen molar-refractivity contribution in [2.45, 2.75) is 84.7 Å². The van der Waals surface area contributed by atoms with Gasteiger partial charge in [0.15, 0.2) is 5.76 Å². The van der Waals surface area contributed by atoms with E-state index in [-0.39, 0.29) is 24.5 Å². The molecule has 51 heavy (non-hydrogen) atoms. The van der Waals surface area contributed by atoms with Crippen molar-refractivity contribution in [3.8, 4) is 0 Å². The first kappa shape index (κ1) is 40.2. The number of benzene rings is 2. The van der Waals surface area contributed by atoms with Crippen LogP contribution in [-0.4, -0.2) is 74.7 Å². The van der Waals surface area contributed by atoms with Gasteiger partial charge in [0.2, 0.25) is 0 Å². The lowest BCUT2D eigenvalue weighted by Gasteiger charge is -2.36. The van der Waals surface area contributed by atoms with E-state index < -0.39 is 71.3 Å². The van der Waals surface area contributed by atoms with E-state index in [0.717, 1.165) is 5.56 Å². The summed E-state index contributed by atoms with van der Waals surface area (Å²) in [6.45, 7) is 11.3. The number of ether oxygens (including phenoxy) is 2. The largest absolute Gasteiger partial charge is 0.481 e. The molecule has 3 N–H and O–H groups in total. The SMILES string of the molecule is CC(C(Cc1ccc(C(=O)Nc2ccccc2)o1)C(=O)OC(C)(C)C)N(C/C=C/c1ccccc1)C(=O)C(O)C(CC(=O)O)C(=O)OC(C)(C)C. The summed E-state index contributed by atoms with van der Waals surface area (Å²) in [6.07, 6.45) is 0.288. The Kier molecular flexibility index (Phi) is 13.9. The Morgan fingerprint density at radius 2 is 1.37 bits per heavy atom. The van der Waals surface area contributed by atoms with Gasteiger partial charge in [-0.2, -0.15) is 0 Å². The maximum absolute atomic E-state index is 14.2. The second kappa shape index (κ2) is 17.6. The number of nitrogens with zero attached hydrogens (tertiary/aromatic N) is 1. The summed E-state index contributed by atoms with van der Waals surface area (Å²) in [5, 5.41) is 23.7. The predicted octanol–water partition coefficient (Wildman–Crippen LogP) is 5.76. The molecule has 0 aliphatic heterocycles. The summed E-state index contributed by atoms with van der Waals surface area (Å²) in [4.78, 5) is 66.9. The van der Waals surface area contributed by atoms with Gasteiger partial charge in [-0.25, -0.2) is 0 Å². The average molecular weight is 705 g/mol. The molecule has 1 heterocycles. The van der Waals surface area contributed by atoms with Crippen LogP contribution < -0.4 is 5.32 Å². The third-order valence-corrected chi connectivity index (χ3v) is 7.55. The van der Waals surface area contributed by atoms with E-state index >= 15 is 0 Å². The molecule has 12 nitrogen and oxygen atoms in total. The first-order valence-corrected chi connectivity index (χ1v) is 16.7. The van der Waals surface area contributed by atoms with Gasteiger partial charge in [-0.05, 0) is 78.3 Å². The smallest absolute Gasteiger partial charge is 0.313 e. The lowest BCUT2D eigenvalue weighted by atomic mass is 9.92. The van der Waals surface area contributed by atoms with Crippen LogP contribution in [0.25, 0.3) is 6.08 Å². The Labute approximate surface area is 298 Å². The Morgan fingerprint density at radius 3 is 1.92 bits per heavy atom. The molecule has 4 atom stereocenters. The van der Waals surface area contributed by atoms with Gasteiger partial charge in [0.05, 0.1) is 12.3 Å². The highest BCUT2D eigenvalue weighted by atomic mass is 16.6. The van der Waals surface area contributed by atoms with Crippen molar-refractivity contribution < 1.29 is 48.1 Å². The minimum atomic E-state index is -2.13. The number of hydrogen-bond donors (Lipinski definition) is 3. The van der Waals surface area contributed by atoms with E-state index in [2.05, 4.69) is 5.32 Å². The number of amides is 2. The maximum atomic E-state index is 14.2. The van der Waals surface area contributed by atoms with Crippen LogP contribution in [0.1, 0.15) is 76.8 Å². The van der Waals surface area contributed by atoms with Crippen LogP contribution in [0.2, 0.25) is 0 Å². The number of anilines is 1. The second-order valence-corrected chi connectivity index (χ2v) is 14.2. The van der Waals surface area contributed by atoms with E-state index in [1.807, 2.05) is 36.4 Å². The predicted molar refractivity (Wildman–Crippen MR) is 190 cm³/mol. The van der Waals surface area contributed by atoms with E-state index in [0.29, 0.717) is 5.69 Å². The first-order valence-electron chi connectivity index (χ1n) is 16.7. The fourth-order valence-electron chi connectivity index (χ4n) is 5.14. The zero-order chi connectivity index (χ0) is 37.9. The second-order valence-electron chi connectivity index (χ2n) is 14.2. The highest BCUT2D eigenvalue weighted by Crippen LogP contribution is 2.26. The Bertz CT molecular complexity index is 1670. The Hall–Kier alpha value is -5.23. The van der Waals surface area contributed by atoms with Crippen molar-refractivity contribution in [1.29, 1.82) is 0 Å². The molecular weight excluding hydrogens is 656 g/mol. The van der Waals surface area contributed by atoms with Crippen molar-refractivity contribution in [2.24, 2.45) is 11.8 Å². The van der Waals surface area contributed by atoms with Gasteiger partial charge in [0.25, 0.3) is 11.8 Å². The van der Waals surface area contributed by atoms with Gasteiger partial charge >= 0.3 is 17.9 Å². The van der Waals surface area contributed by atoms with Gasteiger partial charge in [-0.1, -0.05) is 60.7 Å². The zero-order valence-electron chi connectivity index (χ0n) is 30.1. The number of carboxylic acid groups (broad SMARTS) is 1. The topological polar surface area (TPSA) is 173 Å². The average Bonchev–Trinajstić information content (AvgIpc) is 3.52. The third-order valence-electron chi connectivity index (χ3n) is 7.55. The monoisotopic (exact) mass is 704 g/mol. The number of esters is 2. The van der Waals surface area contributed by atoms with Crippen LogP contribution >= 0.6 is 0 Å². The summed E-state index contributed by atoms with van der Waals surface area (Å²) < 4.78 is 17.0. The van der Waals surface area contributed by atoms with Gasteiger partial charge in [-0.3, -0.25) is 24.0 Å². The molecule has 3 rings (SSSR count). The number of aliphatic carboxylic acids is 1. The van der Waals surface area contributed by atoms with Crippen LogP contribution in [0.3, 0.4) is 0 Å². The van der Waals surface area contributed by atoms with Crippen LogP contribution in [-0.2, 0) is 35.1 Å². The minimum absolute atomic E-state index is 0.00697. The van der Waals surface area contributed by atoms with E-state index in [1.165, 1.54) is 11.0 Å². The van der Waals surface area contributed by atoms with Gasteiger partial charge in [-0.15, -0.1) is 0 Å². The van der Waals surface area contributed by atoms with Crippen LogP contribution in [0.4, 0.5) is 5.69 Å². The summed E-state index contributed by atoms with van der Waals surface area (Å²) in [7, 11) is 0. The molecule has 274 valence electrons. The molecule has 0 radical (unpaired) electrons. The first-order chi connectivity index (χ1) is 23.8. The molecule has 0 spiro atoms. The van der Waals surface area contributed by atoms with Gasteiger partial charge < -0.3 is 34.3 Å². The standard InChI is InChI=1S/C39H48N2O10/c1-25(29(36(47)50-38(2,3)4)23-28-20-21-31(49-28)34(45)40-27-18-12-9-13-19-27)41(22-14-17-26-15-10-8-11-16-26)35(46)33(44)30(24-32(42)43)37(48)51-39(5,6)7/h8-21,25,29-30,33,44H,22-24H2,1-7H3,(H,40,45)(H,42,43)/b17-14+. The van der Waals surface area contributed by atoms with Crippen molar-refractivity contribution in [3.05, 3.63) is 96.0 Å². The lowest BCUT2D eigenvalue weighted by Crippen LogP contribution is -2.53. The summed E-state index contributed by atoms with van der Waals surface area (Å²) >= 11 is 0. The van der Waals surface area contributed by atoms with Crippen LogP contribution in [0.15, 0.2) is 83.3 Å². The summed E-state index contributed by atoms with van der Waals surface area (Å²) in [6, 6.07) is 20.0. The lowest BCUT2D eigenvalue weighted by molar-refractivity contribution is -0.173. The molecule has 0 fully saturated rings. The normalized spacial score (nSPS) is 14.2. The molecule has 0 aliphatic carbocycles. The molecule has 0 bridgehead atoms. The number of furan rings is 1. The molecule has 0 aliphatic rings. The minimum Gasteiger partial charge on any atom is -0.481 e. The van der Waals surface area contributed by atoms with E-state index in [1.54, 1.807) is 91.0 Å². The Balaban J connectivity index is 2.00. The highest BCUT2D eigenvalue weighted by molar-refractivity contribution is 6.02. The highest BCUT2D eigenvalue weighted by Gasteiger charge is 2.42. The Morgan fingerprint density at radius 1 is 0.824 bits per heavy atom. The van der Waals surface area contributed by atoms with E-state index in [9.17, 15) is 34.2 Å². The van der Waals surface area contributed by atoms with Crippen molar-refractivity contribution in [2.75, 3.05) is 11.9 Å². The van der Waals surface area contributed by atoms with Crippen molar-refractivity contribution in [3.63, 3.8) is 0 Å². The number of carbonyl (C=O) groups excluding carboxylic acids is 4. The molecule has 1 aromatic heterocycles. The molecule has 0 saturated heterocycles. The maximum Gasteiger partial charge on any atom is 0.313 e. The molecule has 2 aromatic carbocycles. The van der Waals surface area contributed by atoms with Crippen molar-refractivity contribution in [1.82, 2.24) is 4.90 Å². The summed E-state index contributed by atoms with van der Waals surface area (Å²) in [5.74, 6) is -7.25. The zero-order valence-corrected chi connectivity index (χ0v) is 30.1. The number of carboxylic acids is 1. The fourth-order valence-corrected chi connectivity index (χ4v) is 5.14. The number of nitrogens with one attached hydrogen (secondary N) is 1. The number of carbonyl (C=O) groups is 5. The molecular formula is C39H48N2O10.